The lowest BCUT2D eigenvalue weighted by atomic mass is 9.77. The molecule has 4 atom stereocenters. The largest absolute Gasteiger partial charge is 0.496 e. The molecule has 2 aliphatic rings. The highest BCUT2D eigenvalue weighted by atomic mass is 19.1. The zero-order valence-corrected chi connectivity index (χ0v) is 14.2. The number of fused-ring (bicyclic) bond motifs is 1. The van der Waals surface area contributed by atoms with Crippen LogP contribution in [-0.2, 0) is 11.3 Å². The van der Waals surface area contributed by atoms with Gasteiger partial charge in [-0.25, -0.2) is 4.39 Å². The predicted molar refractivity (Wildman–Crippen MR) is 88.1 cm³/mol. The molecule has 0 radical (unpaired) electrons. The standard InChI is InChI=1S/C18H25FN2O3/c1-11(22)20-16-5-13-9-21(10-14(13)6-17(16)23)8-12-3-4-15(19)7-18(12)24-2/h3-4,7,13-14,16-17,23H,5-6,8-10H2,1-2H3,(H,20,22)/t13-,14+,16-,17-/m1/s1. The Balaban J connectivity index is 1.64. The summed E-state index contributed by atoms with van der Waals surface area (Å²) in [4.78, 5) is 13.6. The van der Waals surface area contributed by atoms with E-state index in [1.807, 2.05) is 0 Å². The molecule has 1 aromatic carbocycles. The van der Waals surface area contributed by atoms with Crippen LogP contribution in [0.1, 0.15) is 25.3 Å². The zero-order valence-electron chi connectivity index (χ0n) is 14.2. The number of amides is 1. The Bertz CT molecular complexity index is 610. The molecule has 1 aliphatic heterocycles. The maximum Gasteiger partial charge on any atom is 0.217 e. The number of hydrogen-bond acceptors (Lipinski definition) is 4. The fourth-order valence-corrected chi connectivity index (χ4v) is 4.16. The summed E-state index contributed by atoms with van der Waals surface area (Å²) in [5, 5.41) is 13.1. The third kappa shape index (κ3) is 3.70. The maximum atomic E-state index is 13.3. The number of aliphatic hydroxyl groups is 1. The molecule has 1 aromatic rings. The minimum Gasteiger partial charge on any atom is -0.496 e. The Hall–Kier alpha value is -1.66. The first kappa shape index (κ1) is 17.2. The number of ether oxygens (including phenoxy) is 1. The van der Waals surface area contributed by atoms with Crippen molar-refractivity contribution >= 4 is 5.91 Å². The highest BCUT2D eigenvalue weighted by Crippen LogP contribution is 2.37. The molecule has 6 heteroatoms. The first-order valence-corrected chi connectivity index (χ1v) is 8.46. The molecule has 1 heterocycles. The average Bonchev–Trinajstić information content (AvgIpc) is 2.90. The fourth-order valence-electron chi connectivity index (χ4n) is 4.16. The van der Waals surface area contributed by atoms with Crippen molar-refractivity contribution in [3.8, 4) is 5.75 Å². The highest BCUT2D eigenvalue weighted by Gasteiger charge is 2.41. The number of likely N-dealkylation sites (tertiary alicyclic amines) is 1. The van der Waals surface area contributed by atoms with E-state index >= 15 is 0 Å². The van der Waals surface area contributed by atoms with Crippen molar-refractivity contribution in [1.29, 1.82) is 0 Å². The molecule has 5 nitrogen and oxygen atoms in total. The molecular formula is C18H25FN2O3. The van der Waals surface area contributed by atoms with Gasteiger partial charge in [-0.05, 0) is 30.7 Å². The van der Waals surface area contributed by atoms with Crippen molar-refractivity contribution in [2.24, 2.45) is 11.8 Å². The second kappa shape index (κ2) is 7.07. The molecular weight excluding hydrogens is 311 g/mol. The van der Waals surface area contributed by atoms with E-state index in [2.05, 4.69) is 10.2 Å². The van der Waals surface area contributed by atoms with Gasteiger partial charge in [-0.3, -0.25) is 9.69 Å². The SMILES string of the molecule is COc1cc(F)ccc1CN1C[C@H]2C[C@@H](NC(C)=O)[C@H](O)C[C@H]2C1. The lowest BCUT2D eigenvalue weighted by Crippen LogP contribution is -2.48. The number of carbonyl (C=O) groups excluding carboxylic acids is 1. The van der Waals surface area contributed by atoms with Crippen molar-refractivity contribution in [2.75, 3.05) is 20.2 Å². The van der Waals surface area contributed by atoms with E-state index in [9.17, 15) is 14.3 Å². The van der Waals surface area contributed by atoms with Gasteiger partial charge in [-0.2, -0.15) is 0 Å². The fraction of sp³-hybridized carbons (Fsp3) is 0.611. The van der Waals surface area contributed by atoms with E-state index in [0.29, 0.717) is 30.6 Å². The second-order valence-electron chi connectivity index (χ2n) is 7.02. The monoisotopic (exact) mass is 336 g/mol. The van der Waals surface area contributed by atoms with E-state index in [1.165, 1.54) is 19.1 Å². The zero-order chi connectivity index (χ0) is 17.3. The Morgan fingerprint density at radius 1 is 1.38 bits per heavy atom. The van der Waals surface area contributed by atoms with Crippen LogP contribution in [0.5, 0.6) is 5.75 Å². The molecule has 0 spiro atoms. The van der Waals surface area contributed by atoms with E-state index < -0.39 is 6.10 Å². The number of aliphatic hydroxyl groups excluding tert-OH is 1. The molecule has 1 aliphatic carbocycles. The van der Waals surface area contributed by atoms with Crippen LogP contribution in [0.25, 0.3) is 0 Å². The van der Waals surface area contributed by atoms with Gasteiger partial charge < -0.3 is 15.2 Å². The quantitative estimate of drug-likeness (QED) is 0.876. The van der Waals surface area contributed by atoms with Crippen molar-refractivity contribution in [2.45, 2.75) is 38.5 Å². The van der Waals surface area contributed by atoms with Gasteiger partial charge in [-0.1, -0.05) is 6.07 Å². The van der Waals surface area contributed by atoms with Crippen molar-refractivity contribution in [1.82, 2.24) is 10.2 Å². The lowest BCUT2D eigenvalue weighted by Gasteiger charge is -2.35. The molecule has 1 amide bonds. The van der Waals surface area contributed by atoms with Gasteiger partial charge in [0.15, 0.2) is 0 Å². The number of carbonyl (C=O) groups is 1. The van der Waals surface area contributed by atoms with Crippen molar-refractivity contribution in [3.05, 3.63) is 29.6 Å². The highest BCUT2D eigenvalue weighted by molar-refractivity contribution is 5.73. The number of hydrogen-bond donors (Lipinski definition) is 2. The maximum absolute atomic E-state index is 13.3. The molecule has 1 saturated carbocycles. The molecule has 0 unspecified atom stereocenters. The first-order chi connectivity index (χ1) is 11.5. The van der Waals surface area contributed by atoms with Crippen molar-refractivity contribution < 1.29 is 19.0 Å². The van der Waals surface area contributed by atoms with Crippen LogP contribution in [0.4, 0.5) is 4.39 Å². The van der Waals surface area contributed by atoms with Gasteiger partial charge >= 0.3 is 0 Å². The molecule has 0 bridgehead atoms. The topological polar surface area (TPSA) is 61.8 Å². The normalized spacial score (nSPS) is 30.0. The van der Waals surface area contributed by atoms with Crippen LogP contribution in [0.2, 0.25) is 0 Å². The van der Waals surface area contributed by atoms with Crippen LogP contribution in [0.15, 0.2) is 18.2 Å². The number of nitrogens with zero attached hydrogens (tertiary/aromatic N) is 1. The molecule has 132 valence electrons. The third-order valence-corrected chi connectivity index (χ3v) is 5.25. The summed E-state index contributed by atoms with van der Waals surface area (Å²) < 4.78 is 18.6. The lowest BCUT2D eigenvalue weighted by molar-refractivity contribution is -0.121. The summed E-state index contributed by atoms with van der Waals surface area (Å²) >= 11 is 0. The summed E-state index contributed by atoms with van der Waals surface area (Å²) in [6, 6.07) is 4.49. The third-order valence-electron chi connectivity index (χ3n) is 5.25. The molecule has 0 aromatic heterocycles. The van der Waals surface area contributed by atoms with E-state index in [0.717, 1.165) is 25.1 Å². The first-order valence-electron chi connectivity index (χ1n) is 8.46. The van der Waals surface area contributed by atoms with Crippen LogP contribution < -0.4 is 10.1 Å². The van der Waals surface area contributed by atoms with Gasteiger partial charge in [0.25, 0.3) is 0 Å². The molecule has 1 saturated heterocycles. The predicted octanol–water partition coefficient (Wildman–Crippen LogP) is 1.54. The summed E-state index contributed by atoms with van der Waals surface area (Å²) in [5.41, 5.74) is 0.969. The Kier molecular flexibility index (Phi) is 5.06. The van der Waals surface area contributed by atoms with Crippen LogP contribution in [-0.4, -0.2) is 48.3 Å². The number of rotatable bonds is 4. The van der Waals surface area contributed by atoms with Gasteiger partial charge in [-0.15, -0.1) is 0 Å². The van der Waals surface area contributed by atoms with Crippen molar-refractivity contribution in [3.63, 3.8) is 0 Å². The van der Waals surface area contributed by atoms with E-state index in [4.69, 9.17) is 4.74 Å². The van der Waals surface area contributed by atoms with E-state index in [-0.39, 0.29) is 17.8 Å². The van der Waals surface area contributed by atoms with Gasteiger partial charge in [0, 0.05) is 38.2 Å². The smallest absolute Gasteiger partial charge is 0.217 e. The Morgan fingerprint density at radius 2 is 2.08 bits per heavy atom. The minimum atomic E-state index is -0.476. The summed E-state index contributed by atoms with van der Waals surface area (Å²) in [7, 11) is 1.55. The summed E-state index contributed by atoms with van der Waals surface area (Å²) in [6.07, 6.45) is 1.05. The number of benzene rings is 1. The van der Waals surface area contributed by atoms with E-state index in [1.54, 1.807) is 13.2 Å². The molecule has 2 fully saturated rings. The van der Waals surface area contributed by atoms with Crippen LogP contribution >= 0.6 is 0 Å². The number of nitrogens with one attached hydrogen (secondary N) is 1. The molecule has 2 N–H and O–H groups in total. The Morgan fingerprint density at radius 3 is 2.75 bits per heavy atom. The average molecular weight is 336 g/mol. The molecule has 3 rings (SSSR count). The van der Waals surface area contributed by atoms with Gasteiger partial charge in [0.1, 0.15) is 11.6 Å². The summed E-state index contributed by atoms with van der Waals surface area (Å²) in [5.74, 6) is 1.09. The number of halogens is 1. The Labute approximate surface area is 141 Å². The number of methoxy groups -OCH3 is 1. The van der Waals surface area contributed by atoms with Gasteiger partial charge in [0.05, 0.1) is 19.3 Å². The van der Waals surface area contributed by atoms with Gasteiger partial charge in [0.2, 0.25) is 5.91 Å². The summed E-state index contributed by atoms with van der Waals surface area (Å²) in [6.45, 7) is 4.03. The van der Waals surface area contributed by atoms with Crippen LogP contribution in [0, 0.1) is 17.7 Å². The second-order valence-corrected chi connectivity index (χ2v) is 7.02. The van der Waals surface area contributed by atoms with Crippen LogP contribution in [0.3, 0.4) is 0 Å². The molecule has 24 heavy (non-hydrogen) atoms. The minimum absolute atomic E-state index is 0.0941.